The summed E-state index contributed by atoms with van der Waals surface area (Å²) >= 11 is 0. The SMILES string of the molecule is C=C1CN(S(=O)(=O)c2ccc(C)cc2)CCCNCCC[N+](C(C)=O)(S(=O)(=O)c2ccc(C)cc2)C1. The van der Waals surface area contributed by atoms with Crippen molar-refractivity contribution >= 4 is 26.0 Å². The molecule has 2 aromatic rings. The second-order valence-electron chi connectivity index (χ2n) is 9.44. The molecule has 1 amide bonds. The van der Waals surface area contributed by atoms with E-state index >= 15 is 0 Å². The Bertz CT molecular complexity index is 1300. The smallest absolute Gasteiger partial charge is 0.316 e. The molecule has 8 nitrogen and oxygen atoms in total. The van der Waals surface area contributed by atoms with Crippen molar-refractivity contribution in [2.75, 3.05) is 39.3 Å². The topological polar surface area (TPSA) is 101 Å². The highest BCUT2D eigenvalue weighted by Crippen LogP contribution is 2.28. The van der Waals surface area contributed by atoms with E-state index in [4.69, 9.17) is 0 Å². The lowest BCUT2D eigenvalue weighted by atomic mass is 10.2. The molecule has 1 fully saturated rings. The van der Waals surface area contributed by atoms with E-state index in [9.17, 15) is 21.6 Å². The van der Waals surface area contributed by atoms with E-state index in [0.29, 0.717) is 31.5 Å². The zero-order chi connectivity index (χ0) is 26.6. The molecular weight excluding hydrogens is 498 g/mol. The lowest BCUT2D eigenvalue weighted by Gasteiger charge is -2.35. The van der Waals surface area contributed by atoms with Crippen LogP contribution in [0.25, 0.3) is 0 Å². The molecule has 1 saturated heterocycles. The monoisotopic (exact) mass is 534 g/mol. The number of hydrogen-bond donors (Lipinski definition) is 1. The first kappa shape index (κ1) is 28.2. The molecule has 1 atom stereocenters. The standard InChI is InChI=1S/C26H36N3O5S2/c1-21-7-11-25(12-8-21)35(31,32)28-17-5-15-27-16-6-18-29(24(4)30,20-23(3)19-28)36(33,34)26-13-9-22(2)10-14-26/h7-14,27H,3,5-6,15-20H2,1-2,4H3/q+1. The van der Waals surface area contributed by atoms with Gasteiger partial charge in [-0.25, -0.2) is 13.2 Å². The van der Waals surface area contributed by atoms with Crippen molar-refractivity contribution in [1.29, 1.82) is 0 Å². The Morgan fingerprint density at radius 3 is 1.97 bits per heavy atom. The zero-order valence-electron chi connectivity index (χ0n) is 21.2. The number of carbonyl (C=O) groups is 1. The highest BCUT2D eigenvalue weighted by atomic mass is 32.2. The molecule has 3 rings (SSSR count). The van der Waals surface area contributed by atoms with Gasteiger partial charge in [0.05, 0.1) is 11.8 Å². The van der Waals surface area contributed by atoms with E-state index in [1.165, 1.54) is 23.4 Å². The Morgan fingerprint density at radius 1 is 0.889 bits per heavy atom. The van der Waals surface area contributed by atoms with E-state index in [1.54, 1.807) is 36.4 Å². The summed E-state index contributed by atoms with van der Waals surface area (Å²) in [6.07, 6.45) is 1.05. The number of nitrogens with one attached hydrogen (secondary N) is 1. The van der Waals surface area contributed by atoms with Gasteiger partial charge >= 0.3 is 15.9 Å². The van der Waals surface area contributed by atoms with Gasteiger partial charge in [0, 0.05) is 26.1 Å². The van der Waals surface area contributed by atoms with Gasteiger partial charge in [0.25, 0.3) is 0 Å². The summed E-state index contributed by atoms with van der Waals surface area (Å²) in [6.45, 7) is 10.2. The number of hydrogen-bond acceptors (Lipinski definition) is 6. The first-order valence-corrected chi connectivity index (χ1v) is 14.9. The molecule has 2 aromatic carbocycles. The molecule has 0 bridgehead atoms. The van der Waals surface area contributed by atoms with Crippen LogP contribution in [-0.4, -0.2) is 70.2 Å². The van der Waals surface area contributed by atoms with Crippen LogP contribution in [0.5, 0.6) is 0 Å². The van der Waals surface area contributed by atoms with Crippen molar-refractivity contribution < 1.29 is 25.5 Å². The molecule has 10 heteroatoms. The fraction of sp³-hybridized carbons (Fsp3) is 0.423. The van der Waals surface area contributed by atoms with Gasteiger partial charge in [-0.1, -0.05) is 42.0 Å². The van der Waals surface area contributed by atoms with Crippen molar-refractivity contribution in [3.05, 3.63) is 71.8 Å². The molecule has 36 heavy (non-hydrogen) atoms. The van der Waals surface area contributed by atoms with Crippen molar-refractivity contribution in [2.24, 2.45) is 0 Å². The molecule has 1 aliphatic heterocycles. The van der Waals surface area contributed by atoms with E-state index < -0.39 is 29.8 Å². The van der Waals surface area contributed by atoms with E-state index in [2.05, 4.69) is 11.9 Å². The highest BCUT2D eigenvalue weighted by molar-refractivity contribution is 7.89. The second-order valence-corrected chi connectivity index (χ2v) is 13.5. The van der Waals surface area contributed by atoms with Crippen LogP contribution < -0.4 is 5.32 Å². The molecule has 0 aliphatic carbocycles. The third-order valence-corrected chi connectivity index (χ3v) is 10.7. The minimum atomic E-state index is -4.14. The average Bonchev–Trinajstić information content (AvgIpc) is 2.81. The minimum Gasteiger partial charge on any atom is -0.316 e. The fourth-order valence-electron chi connectivity index (χ4n) is 4.40. The maximum Gasteiger partial charge on any atom is 0.334 e. The fourth-order valence-corrected chi connectivity index (χ4v) is 7.85. The number of amides is 1. The summed E-state index contributed by atoms with van der Waals surface area (Å²) in [5, 5.41) is 3.25. The molecule has 1 unspecified atom stereocenters. The lowest BCUT2D eigenvalue weighted by Crippen LogP contribution is -2.58. The number of rotatable bonds is 4. The van der Waals surface area contributed by atoms with Gasteiger partial charge in [0.15, 0.2) is 0 Å². The van der Waals surface area contributed by atoms with Crippen LogP contribution in [0.1, 0.15) is 30.9 Å². The van der Waals surface area contributed by atoms with Crippen LogP contribution in [0.2, 0.25) is 0 Å². The first-order valence-electron chi connectivity index (χ1n) is 12.0. The molecule has 1 aliphatic rings. The quantitative estimate of drug-likeness (QED) is 0.478. The molecule has 1 heterocycles. The van der Waals surface area contributed by atoms with Gasteiger partial charge in [-0.15, -0.1) is 3.89 Å². The van der Waals surface area contributed by atoms with Gasteiger partial charge in [-0.2, -0.15) is 12.7 Å². The van der Waals surface area contributed by atoms with Gasteiger partial charge in [0.2, 0.25) is 10.0 Å². The Labute approximate surface area is 215 Å². The lowest BCUT2D eigenvalue weighted by molar-refractivity contribution is -0.722. The Balaban J connectivity index is 2.02. The number of aryl methyl sites for hydroxylation is 2. The van der Waals surface area contributed by atoms with Crippen LogP contribution in [0.4, 0.5) is 0 Å². The van der Waals surface area contributed by atoms with Gasteiger partial charge in [-0.05, 0) is 56.7 Å². The van der Waals surface area contributed by atoms with E-state index in [0.717, 1.165) is 11.1 Å². The number of sulfonamides is 2. The summed E-state index contributed by atoms with van der Waals surface area (Å²) in [7, 11) is -7.99. The summed E-state index contributed by atoms with van der Waals surface area (Å²) in [4.78, 5) is 13.3. The van der Waals surface area contributed by atoms with Crippen LogP contribution in [0, 0.1) is 13.8 Å². The van der Waals surface area contributed by atoms with Crippen molar-refractivity contribution in [1.82, 2.24) is 9.62 Å². The van der Waals surface area contributed by atoms with Gasteiger partial charge in [0.1, 0.15) is 18.0 Å². The Hall–Kier alpha value is -2.37. The summed E-state index contributed by atoms with van der Waals surface area (Å²) in [6, 6.07) is 13.0. The minimum absolute atomic E-state index is 0.0558. The van der Waals surface area contributed by atoms with Crippen LogP contribution in [0.3, 0.4) is 0 Å². The Kier molecular flexibility index (Phi) is 8.89. The summed E-state index contributed by atoms with van der Waals surface area (Å²) in [5.74, 6) is -0.526. The number of benzene rings is 2. The highest BCUT2D eigenvalue weighted by Gasteiger charge is 2.48. The predicted octanol–water partition coefficient (Wildman–Crippen LogP) is 2.99. The van der Waals surface area contributed by atoms with Gasteiger partial charge < -0.3 is 5.32 Å². The largest absolute Gasteiger partial charge is 0.334 e. The van der Waals surface area contributed by atoms with Crippen LogP contribution in [-0.2, 0) is 24.8 Å². The van der Waals surface area contributed by atoms with Crippen molar-refractivity contribution in [2.45, 2.75) is 43.4 Å². The normalized spacial score (nSPS) is 21.4. The van der Waals surface area contributed by atoms with Crippen LogP contribution in [0.15, 0.2) is 70.5 Å². The first-order chi connectivity index (χ1) is 16.9. The molecule has 0 saturated carbocycles. The van der Waals surface area contributed by atoms with Gasteiger partial charge in [-0.3, -0.25) is 0 Å². The number of quaternary nitrogens is 1. The molecule has 0 aromatic heterocycles. The number of nitrogens with zero attached hydrogens (tertiary/aromatic N) is 2. The molecule has 0 radical (unpaired) electrons. The van der Waals surface area contributed by atoms with E-state index in [-0.39, 0.29) is 36.0 Å². The molecule has 0 spiro atoms. The third-order valence-electron chi connectivity index (χ3n) is 6.52. The number of carbonyl (C=O) groups excluding carboxylic acids is 1. The van der Waals surface area contributed by atoms with Crippen molar-refractivity contribution in [3.8, 4) is 0 Å². The molecule has 1 N–H and O–H groups in total. The summed E-state index contributed by atoms with van der Waals surface area (Å²) in [5.41, 5.74) is 2.22. The summed E-state index contributed by atoms with van der Waals surface area (Å²) < 4.78 is 55.3. The van der Waals surface area contributed by atoms with E-state index in [1.807, 2.05) is 13.8 Å². The van der Waals surface area contributed by atoms with Crippen molar-refractivity contribution in [3.63, 3.8) is 0 Å². The second kappa shape index (κ2) is 11.4. The maximum absolute atomic E-state index is 13.9. The maximum atomic E-state index is 13.9. The Morgan fingerprint density at radius 2 is 1.42 bits per heavy atom. The van der Waals surface area contributed by atoms with Crippen LogP contribution >= 0.6 is 0 Å². The zero-order valence-corrected chi connectivity index (χ0v) is 22.9. The average molecular weight is 535 g/mol. The predicted molar refractivity (Wildman–Crippen MR) is 140 cm³/mol. The third kappa shape index (κ3) is 5.95. The molecular formula is C26H36N3O5S2+. The molecule has 196 valence electrons.